The van der Waals surface area contributed by atoms with Gasteiger partial charge in [-0.3, -0.25) is 0 Å². The third-order valence-electron chi connectivity index (χ3n) is 3.97. The summed E-state index contributed by atoms with van der Waals surface area (Å²) in [7, 11) is 1.55. The zero-order valence-electron chi connectivity index (χ0n) is 16.2. The molecule has 0 radical (unpaired) electrons. The predicted molar refractivity (Wildman–Crippen MR) is 106 cm³/mol. The van der Waals surface area contributed by atoms with E-state index in [1.807, 2.05) is 70.2 Å². The molecule has 4 nitrogen and oxygen atoms in total. The molecule has 2 aromatic rings. The normalized spacial score (nSPS) is 11.7. The van der Waals surface area contributed by atoms with Crippen LogP contribution in [-0.2, 0) is 11.4 Å². The van der Waals surface area contributed by atoms with Gasteiger partial charge in [-0.25, -0.2) is 0 Å². The van der Waals surface area contributed by atoms with Crippen molar-refractivity contribution in [3.63, 3.8) is 0 Å². The van der Waals surface area contributed by atoms with E-state index < -0.39 is 0 Å². The summed E-state index contributed by atoms with van der Waals surface area (Å²) in [6, 6.07) is 12.1. The molecular formula is C22H27NO3. The van der Waals surface area contributed by atoms with Gasteiger partial charge < -0.3 is 14.3 Å². The number of allylic oxidation sites excluding steroid dienone is 1. The molecule has 0 amide bonds. The molecule has 0 bridgehead atoms. The van der Waals surface area contributed by atoms with Crippen LogP contribution in [0.3, 0.4) is 0 Å². The monoisotopic (exact) mass is 353 g/mol. The van der Waals surface area contributed by atoms with Crippen LogP contribution in [-0.4, -0.2) is 19.4 Å². The van der Waals surface area contributed by atoms with Crippen LogP contribution in [0, 0.1) is 13.8 Å². The van der Waals surface area contributed by atoms with E-state index in [0.29, 0.717) is 13.2 Å². The molecule has 2 rings (SSSR count). The Bertz CT molecular complexity index is 771. The molecule has 0 unspecified atom stereocenters. The zero-order valence-corrected chi connectivity index (χ0v) is 16.2. The summed E-state index contributed by atoms with van der Waals surface area (Å²) in [5.74, 6) is 1.76. The highest BCUT2D eigenvalue weighted by atomic mass is 16.6. The molecule has 26 heavy (non-hydrogen) atoms. The first-order valence-corrected chi connectivity index (χ1v) is 8.70. The van der Waals surface area contributed by atoms with Crippen LogP contribution in [0.5, 0.6) is 11.5 Å². The summed E-state index contributed by atoms with van der Waals surface area (Å²) in [5, 5.41) is 3.98. The fourth-order valence-corrected chi connectivity index (χ4v) is 2.69. The minimum Gasteiger partial charge on any atom is -0.490 e. The van der Waals surface area contributed by atoms with Crippen LogP contribution in [0.15, 0.2) is 53.7 Å². The lowest BCUT2D eigenvalue weighted by Crippen LogP contribution is -2.02. The lowest BCUT2D eigenvalue weighted by molar-refractivity contribution is 0.213. The smallest absolute Gasteiger partial charge is 0.125 e. The Morgan fingerprint density at radius 1 is 1.08 bits per heavy atom. The molecule has 0 fully saturated rings. The van der Waals surface area contributed by atoms with Gasteiger partial charge in [0.2, 0.25) is 0 Å². The Morgan fingerprint density at radius 3 is 2.46 bits per heavy atom. The lowest BCUT2D eigenvalue weighted by Gasteiger charge is -2.15. The van der Waals surface area contributed by atoms with Crippen LogP contribution in [0.25, 0.3) is 0 Å². The van der Waals surface area contributed by atoms with Gasteiger partial charge in [0.15, 0.2) is 0 Å². The summed E-state index contributed by atoms with van der Waals surface area (Å²) in [4.78, 5) is 4.85. The Morgan fingerprint density at radius 2 is 1.81 bits per heavy atom. The Hall–Kier alpha value is -2.75. The molecule has 2 aromatic carbocycles. The summed E-state index contributed by atoms with van der Waals surface area (Å²) >= 11 is 0. The van der Waals surface area contributed by atoms with Crippen molar-refractivity contribution in [1.29, 1.82) is 0 Å². The van der Waals surface area contributed by atoms with Gasteiger partial charge in [0.1, 0.15) is 31.8 Å². The van der Waals surface area contributed by atoms with E-state index in [0.717, 1.165) is 39.5 Å². The van der Waals surface area contributed by atoms with Gasteiger partial charge >= 0.3 is 0 Å². The number of aryl methyl sites for hydroxylation is 2. The quantitative estimate of drug-likeness (QED) is 0.372. The molecular weight excluding hydrogens is 326 g/mol. The SMILES string of the molecule is C/C=C/COc1cc(C)c(OCc2cccc(/C(C)=N\OC)c2)c(C)c1. The number of nitrogens with zero attached hydrogens (tertiary/aromatic N) is 1. The molecule has 0 aliphatic rings. The van der Waals surface area contributed by atoms with E-state index >= 15 is 0 Å². The molecule has 0 aliphatic carbocycles. The van der Waals surface area contributed by atoms with Crippen molar-refractivity contribution in [3.05, 3.63) is 70.8 Å². The average Bonchev–Trinajstić information content (AvgIpc) is 2.62. The predicted octanol–water partition coefficient (Wildman–Crippen LogP) is 5.21. The first-order valence-electron chi connectivity index (χ1n) is 8.70. The highest BCUT2D eigenvalue weighted by Gasteiger charge is 2.08. The second kappa shape index (κ2) is 9.66. The van der Waals surface area contributed by atoms with Gasteiger partial charge in [-0.05, 0) is 68.1 Å². The van der Waals surface area contributed by atoms with Crippen molar-refractivity contribution in [2.24, 2.45) is 5.16 Å². The average molecular weight is 353 g/mol. The van der Waals surface area contributed by atoms with E-state index in [2.05, 4.69) is 11.2 Å². The number of ether oxygens (including phenoxy) is 2. The molecule has 0 saturated heterocycles. The van der Waals surface area contributed by atoms with Crippen molar-refractivity contribution < 1.29 is 14.3 Å². The molecule has 0 N–H and O–H groups in total. The fourth-order valence-electron chi connectivity index (χ4n) is 2.69. The Kier molecular flexibility index (Phi) is 7.27. The van der Waals surface area contributed by atoms with E-state index in [-0.39, 0.29) is 0 Å². The molecule has 138 valence electrons. The fraction of sp³-hybridized carbons (Fsp3) is 0.318. The van der Waals surface area contributed by atoms with Crippen molar-refractivity contribution in [2.45, 2.75) is 34.3 Å². The highest BCUT2D eigenvalue weighted by Crippen LogP contribution is 2.29. The van der Waals surface area contributed by atoms with Crippen LogP contribution in [0.2, 0.25) is 0 Å². The third-order valence-corrected chi connectivity index (χ3v) is 3.97. The van der Waals surface area contributed by atoms with Gasteiger partial charge in [-0.2, -0.15) is 0 Å². The van der Waals surface area contributed by atoms with E-state index in [4.69, 9.17) is 14.3 Å². The molecule has 4 heteroatoms. The Labute approximate surface area is 156 Å². The van der Waals surface area contributed by atoms with Gasteiger partial charge in [-0.1, -0.05) is 35.5 Å². The maximum absolute atomic E-state index is 6.09. The van der Waals surface area contributed by atoms with Crippen molar-refractivity contribution in [2.75, 3.05) is 13.7 Å². The molecule has 0 spiro atoms. The van der Waals surface area contributed by atoms with Crippen LogP contribution >= 0.6 is 0 Å². The standard InChI is InChI=1S/C22H27NO3/c1-6-7-11-25-21-12-16(2)22(17(3)13-21)26-15-19-9-8-10-20(14-19)18(4)23-24-5/h6-10,12-14H,11,15H2,1-5H3/b7-6+,23-18-. The summed E-state index contributed by atoms with van der Waals surface area (Å²) in [5.41, 5.74) is 5.07. The second-order valence-corrected chi connectivity index (χ2v) is 6.11. The topological polar surface area (TPSA) is 40.0 Å². The maximum Gasteiger partial charge on any atom is 0.125 e. The molecule has 0 heterocycles. The van der Waals surface area contributed by atoms with Gasteiger partial charge in [-0.15, -0.1) is 0 Å². The third kappa shape index (κ3) is 5.38. The second-order valence-electron chi connectivity index (χ2n) is 6.11. The largest absolute Gasteiger partial charge is 0.490 e. The number of hydrogen-bond acceptors (Lipinski definition) is 4. The molecule has 0 atom stereocenters. The van der Waals surface area contributed by atoms with Gasteiger partial charge in [0, 0.05) is 0 Å². The number of rotatable bonds is 8. The summed E-state index contributed by atoms with van der Waals surface area (Å²) < 4.78 is 11.8. The van der Waals surface area contributed by atoms with E-state index in [1.165, 1.54) is 0 Å². The molecule has 0 aliphatic heterocycles. The summed E-state index contributed by atoms with van der Waals surface area (Å²) in [6.07, 6.45) is 3.96. The van der Waals surface area contributed by atoms with E-state index in [9.17, 15) is 0 Å². The van der Waals surface area contributed by atoms with Gasteiger partial charge in [0.05, 0.1) is 5.71 Å². The number of hydrogen-bond donors (Lipinski definition) is 0. The van der Waals surface area contributed by atoms with Crippen LogP contribution < -0.4 is 9.47 Å². The van der Waals surface area contributed by atoms with E-state index in [1.54, 1.807) is 7.11 Å². The van der Waals surface area contributed by atoms with Crippen LogP contribution in [0.4, 0.5) is 0 Å². The zero-order chi connectivity index (χ0) is 18.9. The maximum atomic E-state index is 6.09. The minimum atomic E-state index is 0.495. The highest BCUT2D eigenvalue weighted by molar-refractivity contribution is 5.98. The first-order chi connectivity index (χ1) is 12.5. The minimum absolute atomic E-state index is 0.495. The number of benzene rings is 2. The Balaban J connectivity index is 2.10. The van der Waals surface area contributed by atoms with Crippen molar-refractivity contribution >= 4 is 5.71 Å². The molecule has 0 saturated carbocycles. The molecule has 0 aromatic heterocycles. The lowest BCUT2D eigenvalue weighted by atomic mass is 10.1. The van der Waals surface area contributed by atoms with Gasteiger partial charge in [0.25, 0.3) is 0 Å². The van der Waals surface area contributed by atoms with Crippen molar-refractivity contribution in [3.8, 4) is 11.5 Å². The first kappa shape index (κ1) is 19.6. The summed E-state index contributed by atoms with van der Waals surface area (Å²) in [6.45, 7) is 9.05. The van der Waals surface area contributed by atoms with Crippen molar-refractivity contribution in [1.82, 2.24) is 0 Å². The number of oxime groups is 1. The van der Waals surface area contributed by atoms with Crippen LogP contribution in [0.1, 0.15) is 36.1 Å².